The summed E-state index contributed by atoms with van der Waals surface area (Å²) < 4.78 is 26.4. The van der Waals surface area contributed by atoms with Crippen molar-refractivity contribution in [3.63, 3.8) is 0 Å². The third-order valence-electron chi connectivity index (χ3n) is 3.21. The molecule has 0 spiro atoms. The maximum Gasteiger partial charge on any atom is 0.126 e. The van der Waals surface area contributed by atoms with Crippen molar-refractivity contribution in [2.45, 2.75) is 25.7 Å². The summed E-state index contributed by atoms with van der Waals surface area (Å²) in [6.45, 7) is 2.03. The maximum absolute atomic E-state index is 13.4. The Balaban J connectivity index is 2.04. The highest BCUT2D eigenvalue weighted by Gasteiger charge is 2.14. The lowest BCUT2D eigenvalue weighted by Crippen LogP contribution is -2.14. The smallest absolute Gasteiger partial charge is 0.126 e. The van der Waals surface area contributed by atoms with Crippen LogP contribution < -0.4 is 5.32 Å². The first-order chi connectivity index (χ1) is 7.75. The van der Waals surface area contributed by atoms with Crippen molar-refractivity contribution in [2.75, 3.05) is 13.1 Å². The molecule has 3 heteroatoms. The molecule has 1 heterocycles. The summed E-state index contributed by atoms with van der Waals surface area (Å²) in [5.41, 5.74) is 0.520. The van der Waals surface area contributed by atoms with Crippen LogP contribution in [0.25, 0.3) is 0 Å². The quantitative estimate of drug-likeness (QED) is 0.816. The average molecular weight is 225 g/mol. The molecule has 0 amide bonds. The van der Waals surface area contributed by atoms with Crippen molar-refractivity contribution in [3.8, 4) is 0 Å². The number of rotatable bonds is 2. The van der Waals surface area contributed by atoms with Crippen molar-refractivity contribution in [1.29, 1.82) is 0 Å². The predicted molar refractivity (Wildman–Crippen MR) is 60.3 cm³/mol. The Kier molecular flexibility index (Phi) is 3.88. The first-order valence-corrected chi connectivity index (χ1v) is 5.90. The van der Waals surface area contributed by atoms with Gasteiger partial charge in [0.05, 0.1) is 0 Å². The zero-order valence-corrected chi connectivity index (χ0v) is 9.31. The lowest BCUT2D eigenvalue weighted by Gasteiger charge is -2.14. The van der Waals surface area contributed by atoms with E-state index in [-0.39, 0.29) is 11.6 Å². The van der Waals surface area contributed by atoms with E-state index in [1.807, 2.05) is 0 Å². The largest absolute Gasteiger partial charge is 0.317 e. The SMILES string of the molecule is Fc1ccc(F)c(CC2CCCNCC2)c1. The van der Waals surface area contributed by atoms with Crippen LogP contribution >= 0.6 is 0 Å². The standard InChI is InChI=1S/C13H17F2N/c14-12-3-4-13(15)11(9-12)8-10-2-1-6-16-7-5-10/h3-4,9-10,16H,1-2,5-8H2. The third kappa shape index (κ3) is 3.01. The van der Waals surface area contributed by atoms with Crippen LogP contribution in [0.15, 0.2) is 18.2 Å². The van der Waals surface area contributed by atoms with Crippen molar-refractivity contribution >= 4 is 0 Å². The zero-order chi connectivity index (χ0) is 11.4. The number of hydrogen-bond acceptors (Lipinski definition) is 1. The summed E-state index contributed by atoms with van der Waals surface area (Å²) in [6, 6.07) is 3.72. The van der Waals surface area contributed by atoms with Crippen molar-refractivity contribution in [3.05, 3.63) is 35.4 Å². The van der Waals surface area contributed by atoms with Gasteiger partial charge in [-0.2, -0.15) is 0 Å². The van der Waals surface area contributed by atoms with Gasteiger partial charge in [-0.15, -0.1) is 0 Å². The minimum atomic E-state index is -0.344. The van der Waals surface area contributed by atoms with Gasteiger partial charge in [0.15, 0.2) is 0 Å². The minimum Gasteiger partial charge on any atom is -0.317 e. The Hall–Kier alpha value is -0.960. The molecule has 0 aromatic heterocycles. The van der Waals surface area contributed by atoms with Crippen LogP contribution in [0.1, 0.15) is 24.8 Å². The summed E-state index contributed by atoms with van der Waals surface area (Å²) >= 11 is 0. The van der Waals surface area contributed by atoms with Crippen molar-refractivity contribution in [2.24, 2.45) is 5.92 Å². The molecule has 1 nitrogen and oxygen atoms in total. The van der Waals surface area contributed by atoms with Crippen LogP contribution in [0.4, 0.5) is 8.78 Å². The molecule has 0 aliphatic carbocycles. The average Bonchev–Trinajstić information content (AvgIpc) is 2.52. The van der Waals surface area contributed by atoms with Gasteiger partial charge in [-0.25, -0.2) is 8.78 Å². The molecular formula is C13H17F2N. The molecule has 1 aliphatic rings. The fourth-order valence-corrected chi connectivity index (χ4v) is 2.31. The van der Waals surface area contributed by atoms with Crippen LogP contribution in [-0.2, 0) is 6.42 Å². The van der Waals surface area contributed by atoms with Gasteiger partial charge in [0.2, 0.25) is 0 Å². The molecule has 88 valence electrons. The highest BCUT2D eigenvalue weighted by molar-refractivity contribution is 5.19. The number of nitrogens with one attached hydrogen (secondary N) is 1. The summed E-state index contributed by atoms with van der Waals surface area (Å²) in [5, 5.41) is 3.32. The Morgan fingerprint density at radius 3 is 2.94 bits per heavy atom. The Bertz CT molecular complexity index is 344. The van der Waals surface area contributed by atoms with Gasteiger partial charge in [-0.1, -0.05) is 0 Å². The first kappa shape index (κ1) is 11.5. The van der Waals surface area contributed by atoms with Gasteiger partial charge in [0.25, 0.3) is 0 Å². The van der Waals surface area contributed by atoms with Gasteiger partial charge < -0.3 is 5.32 Å². The molecule has 16 heavy (non-hydrogen) atoms. The molecule has 1 aromatic carbocycles. The number of benzene rings is 1. The first-order valence-electron chi connectivity index (χ1n) is 5.90. The second kappa shape index (κ2) is 5.39. The Morgan fingerprint density at radius 2 is 2.06 bits per heavy atom. The van der Waals surface area contributed by atoms with E-state index in [4.69, 9.17) is 0 Å². The molecule has 2 rings (SSSR count). The normalized spacial score (nSPS) is 21.8. The van der Waals surface area contributed by atoms with E-state index in [2.05, 4.69) is 5.32 Å². The van der Waals surface area contributed by atoms with Crippen LogP contribution in [0.3, 0.4) is 0 Å². The van der Waals surface area contributed by atoms with Crippen LogP contribution in [0.5, 0.6) is 0 Å². The molecular weight excluding hydrogens is 208 g/mol. The van der Waals surface area contributed by atoms with Crippen molar-refractivity contribution in [1.82, 2.24) is 5.32 Å². The molecule has 1 fully saturated rings. The van der Waals surface area contributed by atoms with E-state index in [0.29, 0.717) is 17.9 Å². The van der Waals surface area contributed by atoms with E-state index < -0.39 is 0 Å². The minimum absolute atomic E-state index is 0.279. The lowest BCUT2D eigenvalue weighted by atomic mass is 9.92. The molecule has 0 bridgehead atoms. The van der Waals surface area contributed by atoms with Crippen LogP contribution in [0.2, 0.25) is 0 Å². The zero-order valence-electron chi connectivity index (χ0n) is 9.31. The fourth-order valence-electron chi connectivity index (χ4n) is 2.31. The molecule has 1 aromatic rings. The maximum atomic E-state index is 13.4. The summed E-state index contributed by atoms with van der Waals surface area (Å²) in [7, 11) is 0. The van der Waals surface area contributed by atoms with E-state index in [0.717, 1.165) is 32.4 Å². The second-order valence-corrected chi connectivity index (χ2v) is 4.49. The topological polar surface area (TPSA) is 12.0 Å². The van der Waals surface area contributed by atoms with Crippen LogP contribution in [-0.4, -0.2) is 13.1 Å². The van der Waals surface area contributed by atoms with E-state index in [1.54, 1.807) is 0 Å². The Morgan fingerprint density at radius 1 is 1.19 bits per heavy atom. The number of halogens is 2. The van der Waals surface area contributed by atoms with Gasteiger partial charge in [0.1, 0.15) is 11.6 Å². The monoisotopic (exact) mass is 225 g/mol. The molecule has 0 radical (unpaired) electrons. The Labute approximate surface area is 94.9 Å². The summed E-state index contributed by atoms with van der Waals surface area (Å²) in [5.74, 6) is -0.145. The van der Waals surface area contributed by atoms with E-state index >= 15 is 0 Å². The fraction of sp³-hybridized carbons (Fsp3) is 0.538. The lowest BCUT2D eigenvalue weighted by molar-refractivity contribution is 0.456. The molecule has 1 N–H and O–H groups in total. The van der Waals surface area contributed by atoms with Gasteiger partial charge >= 0.3 is 0 Å². The molecule has 1 atom stereocenters. The van der Waals surface area contributed by atoms with Gasteiger partial charge in [0, 0.05) is 0 Å². The predicted octanol–water partition coefficient (Wildman–Crippen LogP) is 2.90. The molecule has 1 aliphatic heterocycles. The molecule has 0 saturated carbocycles. The highest BCUT2D eigenvalue weighted by atomic mass is 19.1. The van der Waals surface area contributed by atoms with Crippen molar-refractivity contribution < 1.29 is 8.78 Å². The molecule has 1 unspecified atom stereocenters. The van der Waals surface area contributed by atoms with Gasteiger partial charge in [-0.05, 0) is 68.5 Å². The van der Waals surface area contributed by atoms with E-state index in [1.165, 1.54) is 18.2 Å². The molecule has 1 saturated heterocycles. The van der Waals surface area contributed by atoms with E-state index in [9.17, 15) is 8.78 Å². The summed E-state index contributed by atoms with van der Waals surface area (Å²) in [4.78, 5) is 0. The number of hydrogen-bond donors (Lipinski definition) is 1. The second-order valence-electron chi connectivity index (χ2n) is 4.49. The summed E-state index contributed by atoms with van der Waals surface area (Å²) in [6.07, 6.45) is 3.94. The van der Waals surface area contributed by atoms with Crippen LogP contribution in [0, 0.1) is 17.6 Å². The third-order valence-corrected chi connectivity index (χ3v) is 3.21. The highest BCUT2D eigenvalue weighted by Crippen LogP contribution is 2.21. The van der Waals surface area contributed by atoms with Gasteiger partial charge in [-0.3, -0.25) is 0 Å².